The second-order valence-electron chi connectivity index (χ2n) is 4.05. The largest absolute Gasteiger partial charge is 0.489 e. The number of nitrogens with zero attached hydrogens (tertiary/aromatic N) is 1. The van der Waals surface area contributed by atoms with Crippen LogP contribution in [-0.2, 0) is 13.0 Å². The normalized spacial score (nSPS) is 9.10. The first-order valence-electron chi connectivity index (χ1n) is 7.03. The molecule has 0 aliphatic carbocycles. The van der Waals surface area contributed by atoms with E-state index < -0.39 is 0 Å². The highest BCUT2D eigenvalue weighted by molar-refractivity contribution is 5.35. The van der Waals surface area contributed by atoms with Crippen LogP contribution >= 0.6 is 0 Å². The highest BCUT2D eigenvalue weighted by Crippen LogP contribution is 2.16. The van der Waals surface area contributed by atoms with Crippen LogP contribution in [0.25, 0.3) is 0 Å². The molecule has 104 valence electrons. The van der Waals surface area contributed by atoms with Crippen molar-refractivity contribution in [2.24, 2.45) is 0 Å². The fourth-order valence-electron chi connectivity index (χ4n) is 1.83. The zero-order chi connectivity index (χ0) is 14.8. The maximum atomic E-state index is 8.71. The average molecular weight is 267 g/mol. The first-order chi connectivity index (χ1) is 9.83. The van der Waals surface area contributed by atoms with Gasteiger partial charge >= 0.3 is 0 Å². The number of benzene rings is 2. The van der Waals surface area contributed by atoms with E-state index in [2.05, 4.69) is 25.1 Å². The molecule has 0 N–H and O–H groups in total. The molecule has 0 unspecified atom stereocenters. The van der Waals surface area contributed by atoms with Crippen molar-refractivity contribution in [3.8, 4) is 11.8 Å². The van der Waals surface area contributed by atoms with Crippen LogP contribution in [0.2, 0.25) is 0 Å². The molecular formula is C18H21NO. The van der Waals surface area contributed by atoms with E-state index in [9.17, 15) is 0 Å². The summed E-state index contributed by atoms with van der Waals surface area (Å²) in [4.78, 5) is 0. The third-order valence-corrected chi connectivity index (χ3v) is 2.88. The smallest absolute Gasteiger partial charge is 0.119 e. The molecule has 0 aliphatic heterocycles. The molecular weight excluding hydrogens is 246 g/mol. The van der Waals surface area contributed by atoms with Gasteiger partial charge in [0.05, 0.1) is 11.6 Å². The van der Waals surface area contributed by atoms with Gasteiger partial charge in [0, 0.05) is 0 Å². The Balaban J connectivity index is 0.000000956. The molecule has 0 fully saturated rings. The summed E-state index contributed by atoms with van der Waals surface area (Å²) in [6, 6.07) is 17.6. The van der Waals surface area contributed by atoms with Crippen LogP contribution < -0.4 is 4.74 Å². The van der Waals surface area contributed by atoms with E-state index in [4.69, 9.17) is 10.00 Å². The van der Waals surface area contributed by atoms with Crippen LogP contribution in [0.4, 0.5) is 0 Å². The fraction of sp³-hybridized carbons (Fsp3) is 0.278. The number of nitriles is 1. The topological polar surface area (TPSA) is 33.0 Å². The van der Waals surface area contributed by atoms with Crippen molar-refractivity contribution >= 4 is 0 Å². The first-order valence-corrected chi connectivity index (χ1v) is 7.03. The molecule has 2 nitrogen and oxygen atoms in total. The van der Waals surface area contributed by atoms with Crippen molar-refractivity contribution in [2.45, 2.75) is 33.8 Å². The summed E-state index contributed by atoms with van der Waals surface area (Å²) >= 11 is 0. The Bertz CT molecular complexity index is 552. The van der Waals surface area contributed by atoms with E-state index in [1.54, 1.807) is 12.1 Å². The molecule has 2 rings (SSSR count). The minimum absolute atomic E-state index is 0.565. The van der Waals surface area contributed by atoms with Gasteiger partial charge < -0.3 is 4.74 Å². The van der Waals surface area contributed by atoms with E-state index in [1.165, 1.54) is 11.1 Å². The Labute approximate surface area is 121 Å². The summed E-state index contributed by atoms with van der Waals surface area (Å²) in [5.74, 6) is 0.792. The summed E-state index contributed by atoms with van der Waals surface area (Å²) in [6.07, 6.45) is 1.01. The molecule has 0 atom stereocenters. The summed E-state index contributed by atoms with van der Waals surface area (Å²) < 4.78 is 5.72. The molecule has 0 spiro atoms. The number of hydrogen-bond donors (Lipinski definition) is 0. The molecule has 0 bridgehead atoms. The third-order valence-electron chi connectivity index (χ3n) is 2.88. The zero-order valence-corrected chi connectivity index (χ0v) is 12.4. The quantitative estimate of drug-likeness (QED) is 0.802. The number of ether oxygens (including phenoxy) is 1. The van der Waals surface area contributed by atoms with Gasteiger partial charge in [-0.1, -0.05) is 45.0 Å². The predicted molar refractivity (Wildman–Crippen MR) is 82.7 cm³/mol. The van der Waals surface area contributed by atoms with Gasteiger partial charge in [-0.05, 0) is 41.8 Å². The Hall–Kier alpha value is -2.27. The summed E-state index contributed by atoms with van der Waals surface area (Å²) in [5, 5.41) is 8.71. The highest BCUT2D eigenvalue weighted by atomic mass is 16.5. The van der Waals surface area contributed by atoms with Crippen molar-refractivity contribution in [1.29, 1.82) is 5.26 Å². The van der Waals surface area contributed by atoms with Gasteiger partial charge in [-0.25, -0.2) is 0 Å². The van der Waals surface area contributed by atoms with Crippen LogP contribution in [-0.4, -0.2) is 0 Å². The molecule has 0 aromatic heterocycles. The van der Waals surface area contributed by atoms with Crippen LogP contribution in [0, 0.1) is 11.3 Å². The first kappa shape index (κ1) is 15.8. The minimum Gasteiger partial charge on any atom is -0.489 e. The van der Waals surface area contributed by atoms with Gasteiger partial charge in [0.15, 0.2) is 0 Å². The van der Waals surface area contributed by atoms with Crippen LogP contribution in [0.5, 0.6) is 5.75 Å². The van der Waals surface area contributed by atoms with Crippen molar-refractivity contribution in [3.63, 3.8) is 0 Å². The fourth-order valence-corrected chi connectivity index (χ4v) is 1.83. The summed E-state index contributed by atoms with van der Waals surface area (Å²) in [5.41, 5.74) is 3.17. The van der Waals surface area contributed by atoms with Gasteiger partial charge in [-0.15, -0.1) is 0 Å². The van der Waals surface area contributed by atoms with Crippen LogP contribution in [0.15, 0.2) is 48.5 Å². The maximum Gasteiger partial charge on any atom is 0.119 e. The lowest BCUT2D eigenvalue weighted by atomic mass is 10.1. The number of aryl methyl sites for hydroxylation is 1. The molecule has 0 saturated heterocycles. The lowest BCUT2D eigenvalue weighted by molar-refractivity contribution is 0.305. The highest BCUT2D eigenvalue weighted by Gasteiger charge is 2.01. The summed E-state index contributed by atoms with van der Waals surface area (Å²) in [7, 11) is 0. The Morgan fingerprint density at radius 3 is 2.10 bits per heavy atom. The van der Waals surface area contributed by atoms with Gasteiger partial charge in [0.1, 0.15) is 12.4 Å². The van der Waals surface area contributed by atoms with E-state index in [0.717, 1.165) is 12.2 Å². The molecule has 0 amide bonds. The Morgan fingerprint density at radius 2 is 1.55 bits per heavy atom. The van der Waals surface area contributed by atoms with Gasteiger partial charge in [0.2, 0.25) is 0 Å². The van der Waals surface area contributed by atoms with E-state index >= 15 is 0 Å². The lowest BCUT2D eigenvalue weighted by Crippen LogP contribution is -1.99. The molecule has 2 heteroatoms. The average Bonchev–Trinajstić information content (AvgIpc) is 2.55. The maximum absolute atomic E-state index is 8.71. The van der Waals surface area contributed by atoms with Crippen molar-refractivity contribution in [3.05, 3.63) is 65.2 Å². The third kappa shape index (κ3) is 4.44. The van der Waals surface area contributed by atoms with Gasteiger partial charge in [0.25, 0.3) is 0 Å². The van der Waals surface area contributed by atoms with E-state index in [1.807, 2.05) is 38.1 Å². The van der Waals surface area contributed by atoms with E-state index in [-0.39, 0.29) is 0 Å². The zero-order valence-electron chi connectivity index (χ0n) is 12.4. The van der Waals surface area contributed by atoms with Crippen molar-refractivity contribution in [1.82, 2.24) is 0 Å². The van der Waals surface area contributed by atoms with Crippen molar-refractivity contribution < 1.29 is 4.74 Å². The predicted octanol–water partition coefficient (Wildman–Crippen LogP) is 4.73. The molecule has 0 heterocycles. The number of rotatable bonds is 4. The Morgan fingerprint density at radius 1 is 0.950 bits per heavy atom. The molecule has 2 aromatic carbocycles. The molecule has 20 heavy (non-hydrogen) atoms. The second-order valence-corrected chi connectivity index (χ2v) is 4.05. The lowest BCUT2D eigenvalue weighted by Gasteiger charge is -2.09. The van der Waals surface area contributed by atoms with Crippen LogP contribution in [0.3, 0.4) is 0 Å². The molecule has 0 aliphatic rings. The minimum atomic E-state index is 0.565. The SMILES string of the molecule is CC.CCc1ccccc1COc1ccc(C#N)cc1. The second kappa shape index (κ2) is 8.77. The standard InChI is InChI=1S/C16H15NO.C2H6/c1-2-14-5-3-4-6-15(14)12-18-16-9-7-13(11-17)8-10-16;1-2/h3-10H,2,12H2,1H3;1-2H3. The molecule has 0 saturated carbocycles. The molecule has 2 aromatic rings. The van der Waals surface area contributed by atoms with Crippen molar-refractivity contribution in [2.75, 3.05) is 0 Å². The van der Waals surface area contributed by atoms with Crippen LogP contribution in [0.1, 0.15) is 37.5 Å². The molecule has 0 radical (unpaired) electrons. The monoisotopic (exact) mass is 267 g/mol. The van der Waals surface area contributed by atoms with Gasteiger partial charge in [-0.3, -0.25) is 0 Å². The van der Waals surface area contributed by atoms with E-state index in [0.29, 0.717) is 12.2 Å². The summed E-state index contributed by atoms with van der Waals surface area (Å²) in [6.45, 7) is 6.70. The number of hydrogen-bond acceptors (Lipinski definition) is 2. The van der Waals surface area contributed by atoms with Gasteiger partial charge in [-0.2, -0.15) is 5.26 Å². The Kier molecular flexibility index (Phi) is 6.92.